The van der Waals surface area contributed by atoms with Crippen molar-refractivity contribution in [2.45, 2.75) is 44.2 Å². The molecule has 5 nitrogen and oxygen atoms in total. The summed E-state index contributed by atoms with van der Waals surface area (Å²) in [6, 6.07) is 3.00. The van der Waals surface area contributed by atoms with Crippen LogP contribution in [-0.2, 0) is 0 Å². The zero-order chi connectivity index (χ0) is 17.7. The molecule has 4 rings (SSSR count). The zero-order valence-electron chi connectivity index (χ0n) is 13.7. The summed E-state index contributed by atoms with van der Waals surface area (Å²) >= 11 is 0. The molecule has 2 fully saturated rings. The first-order valence-electron chi connectivity index (χ1n) is 8.35. The SMILES string of the molecule is Cc1nc(C2CC2)oc1C(=O)N1C[C@@H](O)C[C@@H]1c1ccc(F)c(F)c1. The molecule has 0 radical (unpaired) electrons. The molecule has 0 bridgehead atoms. The number of hydrogen-bond donors (Lipinski definition) is 1. The second kappa shape index (κ2) is 5.91. The number of aliphatic hydroxyl groups excluding tert-OH is 1. The van der Waals surface area contributed by atoms with Gasteiger partial charge in [0.05, 0.1) is 17.8 Å². The van der Waals surface area contributed by atoms with Gasteiger partial charge in [0, 0.05) is 12.5 Å². The molecule has 1 aromatic carbocycles. The Kier molecular flexibility index (Phi) is 3.83. The van der Waals surface area contributed by atoms with E-state index in [1.807, 2.05) is 0 Å². The minimum Gasteiger partial charge on any atom is -0.435 e. The summed E-state index contributed by atoms with van der Waals surface area (Å²) in [4.78, 5) is 18.7. The molecule has 1 saturated carbocycles. The molecule has 132 valence electrons. The number of aryl methyl sites for hydroxylation is 1. The van der Waals surface area contributed by atoms with E-state index in [9.17, 15) is 18.7 Å². The van der Waals surface area contributed by atoms with Gasteiger partial charge in [-0.05, 0) is 43.9 Å². The van der Waals surface area contributed by atoms with E-state index in [0.717, 1.165) is 25.0 Å². The molecule has 2 atom stereocenters. The van der Waals surface area contributed by atoms with Crippen molar-refractivity contribution < 1.29 is 23.1 Å². The van der Waals surface area contributed by atoms with E-state index >= 15 is 0 Å². The number of aliphatic hydroxyl groups is 1. The lowest BCUT2D eigenvalue weighted by molar-refractivity contribution is 0.0680. The first-order chi connectivity index (χ1) is 11.9. The number of carbonyl (C=O) groups is 1. The average Bonchev–Trinajstić information content (AvgIpc) is 3.25. The third kappa shape index (κ3) is 2.93. The van der Waals surface area contributed by atoms with Gasteiger partial charge in [-0.2, -0.15) is 0 Å². The molecular formula is C18H18F2N2O3. The van der Waals surface area contributed by atoms with Gasteiger partial charge in [-0.15, -0.1) is 0 Å². The number of amides is 1. The number of aromatic nitrogens is 1. The average molecular weight is 348 g/mol. The number of halogens is 2. The van der Waals surface area contributed by atoms with E-state index in [2.05, 4.69) is 4.98 Å². The minimum atomic E-state index is -0.974. The number of rotatable bonds is 3. The summed E-state index contributed by atoms with van der Waals surface area (Å²) < 4.78 is 32.4. The van der Waals surface area contributed by atoms with Crippen molar-refractivity contribution in [3.05, 3.63) is 52.7 Å². The number of carbonyl (C=O) groups excluding carboxylic acids is 1. The Balaban J connectivity index is 1.64. The predicted molar refractivity (Wildman–Crippen MR) is 84.0 cm³/mol. The van der Waals surface area contributed by atoms with Gasteiger partial charge in [-0.1, -0.05) is 6.07 Å². The lowest BCUT2D eigenvalue weighted by Gasteiger charge is -2.24. The van der Waals surface area contributed by atoms with Crippen LogP contribution in [0.3, 0.4) is 0 Å². The van der Waals surface area contributed by atoms with E-state index in [0.29, 0.717) is 17.1 Å². The van der Waals surface area contributed by atoms with Gasteiger partial charge in [0.25, 0.3) is 5.91 Å². The minimum absolute atomic E-state index is 0.112. The van der Waals surface area contributed by atoms with Crippen LogP contribution in [0.2, 0.25) is 0 Å². The molecule has 2 heterocycles. The Labute approximate surface area is 143 Å². The highest BCUT2D eigenvalue weighted by atomic mass is 19.2. The van der Waals surface area contributed by atoms with Crippen molar-refractivity contribution in [1.29, 1.82) is 0 Å². The van der Waals surface area contributed by atoms with Gasteiger partial charge in [0.15, 0.2) is 17.5 Å². The third-order valence-corrected chi connectivity index (χ3v) is 4.80. The standard InChI is InChI=1S/C18H18F2N2O3/c1-9-16(25-17(21-9)10-2-3-10)18(24)22-8-12(23)7-15(22)11-4-5-13(19)14(20)6-11/h4-6,10,12,15,23H,2-3,7-8H2,1H3/t12-,15+/m0/s1. The molecule has 1 N–H and O–H groups in total. The molecule has 2 aliphatic rings. The van der Waals surface area contributed by atoms with Crippen molar-refractivity contribution in [1.82, 2.24) is 9.88 Å². The Morgan fingerprint density at radius 1 is 1.32 bits per heavy atom. The lowest BCUT2D eigenvalue weighted by atomic mass is 10.0. The largest absolute Gasteiger partial charge is 0.435 e. The highest BCUT2D eigenvalue weighted by Gasteiger charge is 2.39. The summed E-state index contributed by atoms with van der Waals surface area (Å²) in [5.74, 6) is -1.29. The van der Waals surface area contributed by atoms with Crippen LogP contribution in [-0.4, -0.2) is 33.5 Å². The number of β-amino-alcohol motifs (C(OH)–C–C–N with tert-alkyl or cyclic N) is 1. The Hall–Kier alpha value is -2.28. The molecule has 1 aromatic heterocycles. The van der Waals surface area contributed by atoms with E-state index < -0.39 is 23.8 Å². The van der Waals surface area contributed by atoms with Gasteiger partial charge in [0.1, 0.15) is 0 Å². The fraction of sp³-hybridized carbons (Fsp3) is 0.444. The zero-order valence-corrected chi connectivity index (χ0v) is 13.7. The molecule has 25 heavy (non-hydrogen) atoms. The normalized spacial score (nSPS) is 23.3. The predicted octanol–water partition coefficient (Wildman–Crippen LogP) is 3.09. The van der Waals surface area contributed by atoms with Crippen LogP contribution in [0, 0.1) is 18.6 Å². The topological polar surface area (TPSA) is 66.6 Å². The van der Waals surface area contributed by atoms with Crippen molar-refractivity contribution in [3.63, 3.8) is 0 Å². The fourth-order valence-electron chi connectivity index (χ4n) is 3.32. The van der Waals surface area contributed by atoms with Crippen LogP contribution < -0.4 is 0 Å². The van der Waals surface area contributed by atoms with Crippen LogP contribution in [0.1, 0.15) is 58.9 Å². The smallest absolute Gasteiger partial charge is 0.292 e. The number of hydrogen-bond acceptors (Lipinski definition) is 4. The third-order valence-electron chi connectivity index (χ3n) is 4.80. The fourth-order valence-corrected chi connectivity index (χ4v) is 3.32. The Bertz CT molecular complexity index is 832. The summed E-state index contributed by atoms with van der Waals surface area (Å²) in [5, 5.41) is 10.0. The Morgan fingerprint density at radius 3 is 2.76 bits per heavy atom. The maximum absolute atomic E-state index is 13.6. The molecule has 0 unspecified atom stereocenters. The second-order valence-corrected chi connectivity index (χ2v) is 6.78. The van der Waals surface area contributed by atoms with Crippen LogP contribution in [0.25, 0.3) is 0 Å². The first kappa shape index (κ1) is 16.2. The molecule has 1 amide bonds. The van der Waals surface area contributed by atoms with Crippen molar-refractivity contribution in [2.75, 3.05) is 6.54 Å². The van der Waals surface area contributed by atoms with E-state index in [1.54, 1.807) is 6.92 Å². The van der Waals surface area contributed by atoms with E-state index in [1.165, 1.54) is 11.0 Å². The van der Waals surface area contributed by atoms with Gasteiger partial charge in [0.2, 0.25) is 5.76 Å². The van der Waals surface area contributed by atoms with Crippen LogP contribution in [0.15, 0.2) is 22.6 Å². The summed E-state index contributed by atoms with van der Waals surface area (Å²) in [6.07, 6.45) is 1.55. The lowest BCUT2D eigenvalue weighted by Crippen LogP contribution is -2.32. The molecule has 2 aromatic rings. The maximum Gasteiger partial charge on any atom is 0.292 e. The molecule has 1 aliphatic heterocycles. The number of likely N-dealkylation sites (tertiary alicyclic amines) is 1. The summed E-state index contributed by atoms with van der Waals surface area (Å²) in [6.45, 7) is 1.82. The van der Waals surface area contributed by atoms with Crippen LogP contribution in [0.5, 0.6) is 0 Å². The Morgan fingerprint density at radius 2 is 2.08 bits per heavy atom. The van der Waals surface area contributed by atoms with E-state index in [-0.39, 0.29) is 30.6 Å². The molecule has 1 aliphatic carbocycles. The highest BCUT2D eigenvalue weighted by molar-refractivity contribution is 5.93. The highest BCUT2D eigenvalue weighted by Crippen LogP contribution is 2.41. The van der Waals surface area contributed by atoms with Gasteiger partial charge >= 0.3 is 0 Å². The van der Waals surface area contributed by atoms with E-state index in [4.69, 9.17) is 4.42 Å². The monoisotopic (exact) mass is 348 g/mol. The quantitative estimate of drug-likeness (QED) is 0.926. The van der Waals surface area contributed by atoms with Crippen molar-refractivity contribution in [2.24, 2.45) is 0 Å². The van der Waals surface area contributed by atoms with Crippen molar-refractivity contribution in [3.8, 4) is 0 Å². The number of oxazole rings is 1. The molecular weight excluding hydrogens is 330 g/mol. The number of benzene rings is 1. The maximum atomic E-state index is 13.6. The van der Waals surface area contributed by atoms with Crippen LogP contribution >= 0.6 is 0 Å². The van der Waals surface area contributed by atoms with Crippen LogP contribution in [0.4, 0.5) is 8.78 Å². The second-order valence-electron chi connectivity index (χ2n) is 6.78. The van der Waals surface area contributed by atoms with Gasteiger partial charge < -0.3 is 14.4 Å². The molecule has 1 saturated heterocycles. The molecule has 7 heteroatoms. The van der Waals surface area contributed by atoms with Crippen molar-refractivity contribution >= 4 is 5.91 Å². The summed E-state index contributed by atoms with van der Waals surface area (Å²) in [5.41, 5.74) is 0.959. The van der Waals surface area contributed by atoms with Gasteiger partial charge in [-0.3, -0.25) is 4.79 Å². The first-order valence-corrected chi connectivity index (χ1v) is 8.35. The number of nitrogens with zero attached hydrogens (tertiary/aromatic N) is 2. The molecule has 0 spiro atoms. The summed E-state index contributed by atoms with van der Waals surface area (Å²) in [7, 11) is 0. The van der Waals surface area contributed by atoms with Gasteiger partial charge in [-0.25, -0.2) is 13.8 Å².